The number of hydrogen-bond donors (Lipinski definition) is 0. The minimum atomic E-state index is 0.559. The molecular weight excluding hydrogens is 436 g/mol. The number of ether oxygens (including phenoxy) is 1. The maximum atomic E-state index is 6.41. The molecule has 0 spiro atoms. The molecule has 0 fully saturated rings. The lowest BCUT2D eigenvalue weighted by Gasteiger charge is -2.14. The first-order valence-corrected chi connectivity index (χ1v) is 10.1. The third kappa shape index (κ3) is 2.15. The van der Waals surface area contributed by atoms with E-state index in [1.54, 1.807) is 0 Å². The van der Waals surface area contributed by atoms with E-state index < -0.39 is 0 Å². The maximum absolute atomic E-state index is 6.41. The van der Waals surface area contributed by atoms with Crippen LogP contribution in [0.3, 0.4) is 0 Å². The van der Waals surface area contributed by atoms with Crippen LogP contribution in [-0.4, -0.2) is 0 Å². The largest absolute Gasteiger partial charge is 0.456 e. The molecular formula is C24H12BrClO2. The summed E-state index contributed by atoms with van der Waals surface area (Å²) in [6, 6.07) is 24.2. The van der Waals surface area contributed by atoms with E-state index in [2.05, 4.69) is 46.3 Å². The van der Waals surface area contributed by atoms with Gasteiger partial charge in [-0.1, -0.05) is 54.1 Å². The maximum Gasteiger partial charge on any atom is 0.160 e. The molecule has 0 aliphatic carbocycles. The Labute approximate surface area is 173 Å². The number of para-hydroxylation sites is 1. The van der Waals surface area contributed by atoms with Crippen molar-refractivity contribution in [1.82, 2.24) is 0 Å². The summed E-state index contributed by atoms with van der Waals surface area (Å²) in [5.74, 6) is 1.36. The van der Waals surface area contributed by atoms with E-state index in [1.807, 2.05) is 42.5 Å². The molecule has 0 bridgehead atoms. The first kappa shape index (κ1) is 16.2. The summed E-state index contributed by atoms with van der Waals surface area (Å²) in [5.41, 5.74) is 1.75. The van der Waals surface area contributed by atoms with Gasteiger partial charge < -0.3 is 9.15 Å². The second-order valence-corrected chi connectivity index (χ2v) is 8.05. The van der Waals surface area contributed by atoms with Crippen molar-refractivity contribution in [2.45, 2.75) is 0 Å². The topological polar surface area (TPSA) is 22.4 Å². The number of hydrogen-bond acceptors (Lipinski definition) is 2. The SMILES string of the molecule is Clc1cccc(Br)c1Oc1ccc2oc3cccc4c5ccccc5c1c2c34. The van der Waals surface area contributed by atoms with Crippen LogP contribution in [0.5, 0.6) is 11.5 Å². The number of fused-ring (bicyclic) bond motifs is 3. The standard InChI is InChI=1S/C24H12BrClO2/c25-16-8-4-9-17(26)24(16)28-19-11-12-20-23-21-15(7-3-10-18(21)27-20)13-5-1-2-6-14(13)22(19)23/h1-12H. The minimum Gasteiger partial charge on any atom is -0.456 e. The van der Waals surface area contributed by atoms with Crippen LogP contribution in [-0.2, 0) is 0 Å². The van der Waals surface area contributed by atoms with Gasteiger partial charge in [-0.25, -0.2) is 0 Å². The molecule has 1 aromatic heterocycles. The molecule has 0 aliphatic heterocycles. The molecule has 0 unspecified atom stereocenters. The fourth-order valence-corrected chi connectivity index (χ4v) is 4.87. The zero-order valence-electron chi connectivity index (χ0n) is 14.5. The van der Waals surface area contributed by atoms with Crippen LogP contribution in [0.15, 0.2) is 81.7 Å². The van der Waals surface area contributed by atoms with Crippen molar-refractivity contribution in [2.24, 2.45) is 0 Å². The zero-order chi connectivity index (χ0) is 18.8. The number of benzene rings is 5. The Balaban J connectivity index is 1.79. The van der Waals surface area contributed by atoms with Gasteiger partial charge in [0, 0.05) is 16.2 Å². The Hall–Kier alpha value is -2.75. The van der Waals surface area contributed by atoms with Crippen LogP contribution in [0.4, 0.5) is 0 Å². The van der Waals surface area contributed by atoms with Gasteiger partial charge in [-0.05, 0) is 62.4 Å². The van der Waals surface area contributed by atoms with Crippen molar-refractivity contribution < 1.29 is 9.15 Å². The molecule has 0 saturated heterocycles. The van der Waals surface area contributed by atoms with Gasteiger partial charge in [0.05, 0.1) is 9.50 Å². The van der Waals surface area contributed by atoms with Gasteiger partial charge in [0.25, 0.3) is 0 Å². The van der Waals surface area contributed by atoms with E-state index in [-0.39, 0.29) is 0 Å². The lowest BCUT2D eigenvalue weighted by molar-refractivity contribution is 0.486. The second kappa shape index (κ2) is 5.87. The normalized spacial score (nSPS) is 11.9. The van der Waals surface area contributed by atoms with Crippen LogP contribution in [0.2, 0.25) is 5.02 Å². The fourth-order valence-electron chi connectivity index (χ4n) is 4.09. The summed E-state index contributed by atoms with van der Waals surface area (Å²) in [6.45, 7) is 0. The average Bonchev–Trinajstić information content (AvgIpc) is 3.10. The van der Waals surface area contributed by atoms with Gasteiger partial charge in [0.1, 0.15) is 16.9 Å². The Kier molecular flexibility index (Phi) is 3.40. The average molecular weight is 448 g/mol. The van der Waals surface area contributed by atoms with Crippen LogP contribution in [0.25, 0.3) is 43.5 Å². The van der Waals surface area contributed by atoms with Crippen molar-refractivity contribution in [1.29, 1.82) is 0 Å². The van der Waals surface area contributed by atoms with Gasteiger partial charge in [-0.15, -0.1) is 0 Å². The van der Waals surface area contributed by atoms with Crippen molar-refractivity contribution in [2.75, 3.05) is 0 Å². The van der Waals surface area contributed by atoms with E-state index >= 15 is 0 Å². The van der Waals surface area contributed by atoms with Crippen LogP contribution < -0.4 is 4.74 Å². The monoisotopic (exact) mass is 446 g/mol. The molecule has 1 heterocycles. The molecule has 0 amide bonds. The van der Waals surface area contributed by atoms with E-state index in [4.69, 9.17) is 20.8 Å². The van der Waals surface area contributed by atoms with Crippen LogP contribution in [0, 0.1) is 0 Å². The lowest BCUT2D eigenvalue weighted by atomic mass is 9.94. The van der Waals surface area contributed by atoms with Crippen LogP contribution in [0.1, 0.15) is 0 Å². The number of rotatable bonds is 2. The Morgan fingerprint density at radius 3 is 2.25 bits per heavy atom. The van der Waals surface area contributed by atoms with E-state index in [0.717, 1.165) is 42.9 Å². The summed E-state index contributed by atoms with van der Waals surface area (Å²) >= 11 is 9.95. The minimum absolute atomic E-state index is 0.559. The Morgan fingerprint density at radius 2 is 1.39 bits per heavy atom. The Morgan fingerprint density at radius 1 is 0.679 bits per heavy atom. The van der Waals surface area contributed by atoms with Gasteiger partial charge in [-0.3, -0.25) is 0 Å². The first-order chi connectivity index (χ1) is 13.7. The highest BCUT2D eigenvalue weighted by molar-refractivity contribution is 9.10. The van der Waals surface area contributed by atoms with Crippen molar-refractivity contribution >= 4 is 71.0 Å². The van der Waals surface area contributed by atoms with E-state index in [1.165, 1.54) is 10.8 Å². The molecule has 28 heavy (non-hydrogen) atoms. The summed E-state index contributed by atoms with van der Waals surface area (Å²) in [7, 11) is 0. The molecule has 5 aromatic carbocycles. The molecule has 4 heteroatoms. The third-order valence-corrected chi connectivity index (χ3v) is 6.16. The molecule has 2 nitrogen and oxygen atoms in total. The van der Waals surface area contributed by atoms with E-state index in [9.17, 15) is 0 Å². The van der Waals surface area contributed by atoms with Gasteiger partial charge in [0.15, 0.2) is 5.75 Å². The van der Waals surface area contributed by atoms with E-state index in [0.29, 0.717) is 10.8 Å². The summed E-state index contributed by atoms with van der Waals surface area (Å²) in [6.07, 6.45) is 0. The van der Waals surface area contributed by atoms with Gasteiger partial charge in [-0.2, -0.15) is 0 Å². The highest BCUT2D eigenvalue weighted by Gasteiger charge is 2.20. The quantitative estimate of drug-likeness (QED) is 0.248. The molecule has 6 aromatic rings. The molecule has 0 radical (unpaired) electrons. The fraction of sp³-hybridized carbons (Fsp3) is 0. The lowest BCUT2D eigenvalue weighted by Crippen LogP contribution is -1.90. The molecule has 0 atom stereocenters. The number of halogens is 2. The van der Waals surface area contributed by atoms with Crippen molar-refractivity contribution in [3.63, 3.8) is 0 Å². The summed E-state index contributed by atoms with van der Waals surface area (Å²) < 4.78 is 13.3. The zero-order valence-corrected chi connectivity index (χ0v) is 16.8. The smallest absolute Gasteiger partial charge is 0.160 e. The highest BCUT2D eigenvalue weighted by Crippen LogP contribution is 2.47. The van der Waals surface area contributed by atoms with Crippen molar-refractivity contribution in [3.05, 3.63) is 82.3 Å². The molecule has 0 aliphatic rings. The molecule has 0 N–H and O–H groups in total. The third-order valence-electron chi connectivity index (χ3n) is 5.24. The van der Waals surface area contributed by atoms with Crippen LogP contribution >= 0.6 is 27.5 Å². The second-order valence-electron chi connectivity index (χ2n) is 6.79. The van der Waals surface area contributed by atoms with Gasteiger partial charge >= 0.3 is 0 Å². The summed E-state index contributed by atoms with van der Waals surface area (Å²) in [5, 5.41) is 7.32. The number of furan rings is 1. The molecule has 134 valence electrons. The highest BCUT2D eigenvalue weighted by atomic mass is 79.9. The summed E-state index contributed by atoms with van der Waals surface area (Å²) in [4.78, 5) is 0. The molecule has 0 saturated carbocycles. The first-order valence-electron chi connectivity index (χ1n) is 8.92. The van der Waals surface area contributed by atoms with Gasteiger partial charge in [0.2, 0.25) is 0 Å². The van der Waals surface area contributed by atoms with Crippen molar-refractivity contribution in [3.8, 4) is 11.5 Å². The Bertz CT molecular complexity index is 1500. The molecule has 6 rings (SSSR count). The predicted molar refractivity (Wildman–Crippen MR) is 119 cm³/mol. The predicted octanol–water partition coefficient (Wildman–Crippen LogP) is 8.54.